The number of aromatic nitrogens is 1. The predicted octanol–water partition coefficient (Wildman–Crippen LogP) is 1.22. The lowest BCUT2D eigenvalue weighted by Gasteiger charge is -2.29. The van der Waals surface area contributed by atoms with E-state index in [2.05, 4.69) is 17.2 Å². The number of rotatable bonds is 1. The third-order valence-corrected chi connectivity index (χ3v) is 3.00. The molecule has 2 aliphatic rings. The monoisotopic (exact) mass is 206 g/mol. The summed E-state index contributed by atoms with van der Waals surface area (Å²) < 4.78 is 11.2. The van der Waals surface area contributed by atoms with Crippen molar-refractivity contribution in [2.45, 2.75) is 25.5 Å². The first-order chi connectivity index (χ1) is 7.38. The van der Waals surface area contributed by atoms with Crippen molar-refractivity contribution in [3.63, 3.8) is 0 Å². The van der Waals surface area contributed by atoms with E-state index in [-0.39, 0.29) is 12.1 Å². The Labute approximate surface area is 88.6 Å². The number of anilines is 1. The van der Waals surface area contributed by atoms with E-state index >= 15 is 0 Å². The Morgan fingerprint density at radius 2 is 2.47 bits per heavy atom. The largest absolute Gasteiger partial charge is 0.468 e. The van der Waals surface area contributed by atoms with Crippen LogP contribution in [0.5, 0.6) is 5.88 Å². The van der Waals surface area contributed by atoms with E-state index in [1.54, 1.807) is 6.20 Å². The molecule has 1 aromatic rings. The maximum Gasteiger partial charge on any atom is 0.238 e. The van der Waals surface area contributed by atoms with Gasteiger partial charge >= 0.3 is 0 Å². The van der Waals surface area contributed by atoms with Gasteiger partial charge < -0.3 is 14.8 Å². The first-order valence-electron chi connectivity index (χ1n) is 5.37. The molecule has 0 aromatic carbocycles. The molecular weight excluding hydrogens is 192 g/mol. The highest BCUT2D eigenvalue weighted by atomic mass is 16.6. The van der Waals surface area contributed by atoms with E-state index in [1.165, 1.54) is 5.56 Å². The quantitative estimate of drug-likeness (QED) is 0.750. The van der Waals surface area contributed by atoms with Gasteiger partial charge in [-0.3, -0.25) is 0 Å². The van der Waals surface area contributed by atoms with Gasteiger partial charge in [0.05, 0.1) is 19.3 Å². The molecule has 4 nitrogen and oxygen atoms in total. The van der Waals surface area contributed by atoms with Gasteiger partial charge in [-0.1, -0.05) is 6.92 Å². The molecule has 4 heteroatoms. The summed E-state index contributed by atoms with van der Waals surface area (Å²) in [7, 11) is 0. The molecule has 0 amide bonds. The van der Waals surface area contributed by atoms with Crippen molar-refractivity contribution in [2.75, 3.05) is 18.5 Å². The Morgan fingerprint density at radius 3 is 3.33 bits per heavy atom. The molecular formula is C11H14N2O2. The second kappa shape index (κ2) is 3.38. The van der Waals surface area contributed by atoms with Gasteiger partial charge in [0.2, 0.25) is 5.88 Å². The highest BCUT2D eigenvalue weighted by Crippen LogP contribution is 2.34. The first-order valence-corrected chi connectivity index (χ1v) is 5.37. The molecule has 0 saturated carbocycles. The molecule has 2 unspecified atom stereocenters. The molecule has 2 aliphatic heterocycles. The highest BCUT2D eigenvalue weighted by Gasteiger charge is 2.35. The Hall–Kier alpha value is -1.29. The summed E-state index contributed by atoms with van der Waals surface area (Å²) >= 11 is 0. The zero-order valence-corrected chi connectivity index (χ0v) is 8.69. The number of fused-ring (bicyclic) bond motifs is 2. The number of hydrogen-bond acceptors (Lipinski definition) is 4. The molecule has 80 valence electrons. The number of pyridine rings is 1. The van der Waals surface area contributed by atoms with Crippen LogP contribution in [0.15, 0.2) is 12.3 Å². The second-order valence-corrected chi connectivity index (χ2v) is 3.95. The molecule has 1 saturated heterocycles. The maximum absolute atomic E-state index is 5.80. The fraction of sp³-hybridized carbons (Fsp3) is 0.545. The molecule has 0 radical (unpaired) electrons. The van der Waals surface area contributed by atoms with Crippen LogP contribution in [0, 0.1) is 0 Å². The Balaban J connectivity index is 1.99. The van der Waals surface area contributed by atoms with Crippen LogP contribution in [0.1, 0.15) is 12.5 Å². The number of nitrogens with zero attached hydrogens (tertiary/aromatic N) is 1. The Bertz CT molecular complexity index is 381. The molecule has 0 bridgehead atoms. The van der Waals surface area contributed by atoms with Gasteiger partial charge in [-0.25, -0.2) is 4.98 Å². The van der Waals surface area contributed by atoms with Gasteiger partial charge in [0.25, 0.3) is 0 Å². The molecule has 15 heavy (non-hydrogen) atoms. The number of hydrogen-bond donors (Lipinski definition) is 1. The van der Waals surface area contributed by atoms with Crippen LogP contribution < -0.4 is 10.1 Å². The average molecular weight is 206 g/mol. The van der Waals surface area contributed by atoms with Gasteiger partial charge in [0, 0.05) is 6.20 Å². The fourth-order valence-electron chi connectivity index (χ4n) is 2.13. The molecule has 1 fully saturated rings. The number of nitrogens with one attached hydrogen (secondary N) is 1. The summed E-state index contributed by atoms with van der Waals surface area (Å²) in [5, 5.41) is 3.47. The summed E-state index contributed by atoms with van der Waals surface area (Å²) in [5.74, 6) is 0.723. The van der Waals surface area contributed by atoms with E-state index in [0.717, 1.165) is 24.6 Å². The molecule has 0 spiro atoms. The van der Waals surface area contributed by atoms with E-state index < -0.39 is 0 Å². The van der Waals surface area contributed by atoms with Crippen molar-refractivity contribution in [3.05, 3.63) is 17.8 Å². The minimum Gasteiger partial charge on any atom is -0.468 e. The van der Waals surface area contributed by atoms with Gasteiger partial charge in [-0.15, -0.1) is 0 Å². The van der Waals surface area contributed by atoms with Crippen LogP contribution in [-0.2, 0) is 11.2 Å². The molecule has 1 N–H and O–H groups in total. The van der Waals surface area contributed by atoms with Gasteiger partial charge in [-0.2, -0.15) is 0 Å². The zero-order valence-electron chi connectivity index (χ0n) is 8.69. The topological polar surface area (TPSA) is 43.4 Å². The van der Waals surface area contributed by atoms with Crippen molar-refractivity contribution >= 4 is 5.69 Å². The van der Waals surface area contributed by atoms with Gasteiger partial charge in [0.1, 0.15) is 11.8 Å². The summed E-state index contributed by atoms with van der Waals surface area (Å²) in [6, 6.07) is 2.32. The molecule has 3 heterocycles. The van der Waals surface area contributed by atoms with Crippen LogP contribution >= 0.6 is 0 Å². The zero-order chi connectivity index (χ0) is 10.3. The van der Waals surface area contributed by atoms with E-state index in [4.69, 9.17) is 9.47 Å². The minimum absolute atomic E-state index is 0.122. The summed E-state index contributed by atoms with van der Waals surface area (Å²) in [4.78, 5) is 4.25. The summed E-state index contributed by atoms with van der Waals surface area (Å²) in [6.07, 6.45) is 2.91. The SMILES string of the molecule is CCc1ccnc2c1NC1COCC1O2. The lowest BCUT2D eigenvalue weighted by molar-refractivity contribution is 0.135. The highest BCUT2D eigenvalue weighted by molar-refractivity contribution is 5.61. The fourth-order valence-corrected chi connectivity index (χ4v) is 2.13. The van der Waals surface area contributed by atoms with Crippen LogP contribution in [0.3, 0.4) is 0 Å². The number of aryl methyl sites for hydroxylation is 1. The van der Waals surface area contributed by atoms with Crippen molar-refractivity contribution < 1.29 is 9.47 Å². The van der Waals surface area contributed by atoms with Crippen molar-refractivity contribution in [1.82, 2.24) is 4.98 Å². The standard InChI is InChI=1S/C11H14N2O2/c1-2-7-3-4-12-11-10(7)13-8-5-14-6-9(8)15-11/h3-4,8-9,13H,2,5-6H2,1H3. The maximum atomic E-state index is 5.80. The van der Waals surface area contributed by atoms with Gasteiger partial charge in [-0.05, 0) is 18.1 Å². The van der Waals surface area contributed by atoms with Crippen molar-refractivity contribution in [3.8, 4) is 5.88 Å². The lowest BCUT2D eigenvalue weighted by Crippen LogP contribution is -2.40. The Morgan fingerprint density at radius 1 is 1.53 bits per heavy atom. The second-order valence-electron chi connectivity index (χ2n) is 3.95. The van der Waals surface area contributed by atoms with Gasteiger partial charge in [0.15, 0.2) is 0 Å². The molecule has 3 rings (SSSR count). The van der Waals surface area contributed by atoms with Crippen molar-refractivity contribution in [1.29, 1.82) is 0 Å². The minimum atomic E-state index is 0.122. The van der Waals surface area contributed by atoms with E-state index in [1.807, 2.05) is 6.07 Å². The lowest BCUT2D eigenvalue weighted by atomic mass is 10.1. The third-order valence-electron chi connectivity index (χ3n) is 3.00. The van der Waals surface area contributed by atoms with Crippen LogP contribution in [0.2, 0.25) is 0 Å². The smallest absolute Gasteiger partial charge is 0.238 e. The Kier molecular flexibility index (Phi) is 2.02. The van der Waals surface area contributed by atoms with E-state index in [0.29, 0.717) is 6.61 Å². The molecule has 0 aliphatic carbocycles. The predicted molar refractivity (Wildman–Crippen MR) is 56.3 cm³/mol. The number of ether oxygens (including phenoxy) is 2. The summed E-state index contributed by atoms with van der Waals surface area (Å²) in [6.45, 7) is 3.52. The first kappa shape index (κ1) is 8.97. The third kappa shape index (κ3) is 1.36. The molecule has 1 aromatic heterocycles. The van der Waals surface area contributed by atoms with E-state index in [9.17, 15) is 0 Å². The average Bonchev–Trinajstić information content (AvgIpc) is 2.72. The van der Waals surface area contributed by atoms with Crippen LogP contribution in [0.25, 0.3) is 0 Å². The normalized spacial score (nSPS) is 27.5. The van der Waals surface area contributed by atoms with Crippen molar-refractivity contribution in [2.24, 2.45) is 0 Å². The van der Waals surface area contributed by atoms with Crippen LogP contribution in [-0.4, -0.2) is 30.3 Å². The summed E-state index contributed by atoms with van der Waals surface area (Å²) in [5.41, 5.74) is 2.30. The molecule has 2 atom stereocenters. The van der Waals surface area contributed by atoms with Crippen LogP contribution in [0.4, 0.5) is 5.69 Å².